The van der Waals surface area contributed by atoms with E-state index < -0.39 is 29.9 Å². The fraction of sp³-hybridized carbons (Fsp3) is 0.419. The fourth-order valence-corrected chi connectivity index (χ4v) is 7.88. The predicted molar refractivity (Wildman–Crippen MR) is 142 cm³/mol. The first-order valence-electron chi connectivity index (χ1n) is 14.0. The van der Waals surface area contributed by atoms with Crippen molar-refractivity contribution in [3.63, 3.8) is 0 Å². The average Bonchev–Trinajstić information content (AvgIpc) is 3.42. The monoisotopic (exact) mass is 539 g/mol. The Morgan fingerprint density at radius 2 is 1.70 bits per heavy atom. The van der Waals surface area contributed by atoms with Gasteiger partial charge < -0.3 is 24.4 Å². The number of quaternary nitrogens is 2. The number of fused-ring (bicyclic) bond motifs is 7. The zero-order valence-corrected chi connectivity index (χ0v) is 22.4. The van der Waals surface area contributed by atoms with Crippen LogP contribution in [0.2, 0.25) is 0 Å². The van der Waals surface area contributed by atoms with Crippen molar-refractivity contribution in [1.29, 1.82) is 5.26 Å². The Morgan fingerprint density at radius 1 is 1.02 bits per heavy atom. The number of aliphatic carboxylic acids is 1. The number of hydrogen-bond donors (Lipinski definition) is 1. The van der Waals surface area contributed by atoms with Crippen LogP contribution >= 0.6 is 0 Å². The van der Waals surface area contributed by atoms with Crippen LogP contribution in [0, 0.1) is 17.2 Å². The lowest BCUT2D eigenvalue weighted by Gasteiger charge is -2.54. The number of benzene rings is 2. The van der Waals surface area contributed by atoms with Gasteiger partial charge in [0.1, 0.15) is 51.9 Å². The van der Waals surface area contributed by atoms with E-state index in [2.05, 4.69) is 18.2 Å². The smallest absolute Gasteiger partial charge is 0.235 e. The van der Waals surface area contributed by atoms with Gasteiger partial charge in [-0.25, -0.2) is 0 Å². The summed E-state index contributed by atoms with van der Waals surface area (Å²) in [6.45, 7) is 9.32. The maximum Gasteiger partial charge on any atom is 0.235 e. The van der Waals surface area contributed by atoms with E-state index in [0.29, 0.717) is 35.2 Å². The molecule has 9 nitrogen and oxygen atoms in total. The summed E-state index contributed by atoms with van der Waals surface area (Å²) < 4.78 is 1.95. The molecule has 3 atom stereocenters. The molecular weight excluding hydrogens is 508 g/mol. The highest BCUT2D eigenvalue weighted by Crippen LogP contribution is 2.48. The lowest BCUT2D eigenvalue weighted by molar-refractivity contribution is -1.08. The lowest BCUT2D eigenvalue weighted by Crippen LogP contribution is -2.74. The summed E-state index contributed by atoms with van der Waals surface area (Å²) >= 11 is 0. The van der Waals surface area contributed by atoms with Crippen LogP contribution < -0.4 is 5.11 Å². The molecule has 9 heteroatoms. The average molecular weight is 540 g/mol. The van der Waals surface area contributed by atoms with Crippen LogP contribution in [-0.4, -0.2) is 94.6 Å². The Labute approximate surface area is 232 Å². The topological polar surface area (TPSA) is 122 Å². The molecule has 4 saturated heterocycles. The molecular formula is C31H31N4O5+. The minimum atomic E-state index is -1.43. The van der Waals surface area contributed by atoms with Crippen molar-refractivity contribution < 1.29 is 33.6 Å². The number of aliphatic hydroxyl groups is 1. The first kappa shape index (κ1) is 25.1. The molecule has 2 bridgehead atoms. The molecule has 0 spiro atoms. The zero-order valence-electron chi connectivity index (χ0n) is 22.4. The Bertz CT molecular complexity index is 1560. The third-order valence-electron chi connectivity index (χ3n) is 10.2. The molecule has 0 saturated carbocycles. The molecule has 6 aliphatic rings. The quantitative estimate of drug-likeness (QED) is 0.279. The second-order valence-corrected chi connectivity index (χ2v) is 12.3. The molecule has 1 N–H and O–H groups in total. The summed E-state index contributed by atoms with van der Waals surface area (Å²) in [6, 6.07) is 13.5. The minimum absolute atomic E-state index is 0.0882. The molecule has 8 rings (SSSR count). The number of hydrogen-bond acceptors (Lipinski definition) is 6. The number of aliphatic hydroxyl groups excluding tert-OH is 1. The molecule has 40 heavy (non-hydrogen) atoms. The molecule has 2 aromatic carbocycles. The number of carbonyl (C=O) groups is 3. The zero-order chi connectivity index (χ0) is 28.0. The largest absolute Gasteiger partial charge is 0.543 e. The molecule has 2 aromatic rings. The fourth-order valence-electron chi connectivity index (χ4n) is 7.88. The van der Waals surface area contributed by atoms with Gasteiger partial charge in [0.15, 0.2) is 12.3 Å². The first-order chi connectivity index (χ1) is 19.2. The number of β-lactam (4-membered cyclic amide) rings is 1. The third-order valence-corrected chi connectivity index (χ3v) is 10.2. The minimum Gasteiger partial charge on any atom is -0.543 e. The molecule has 0 aromatic heterocycles. The second-order valence-electron chi connectivity index (χ2n) is 12.3. The maximum absolute atomic E-state index is 13.5. The van der Waals surface area contributed by atoms with Crippen LogP contribution in [0.5, 0.6) is 0 Å². The van der Waals surface area contributed by atoms with Crippen molar-refractivity contribution in [2.24, 2.45) is 5.92 Å². The van der Waals surface area contributed by atoms with Gasteiger partial charge in [-0.3, -0.25) is 14.1 Å². The van der Waals surface area contributed by atoms with Gasteiger partial charge in [0.25, 0.3) is 0 Å². The first-order valence-corrected chi connectivity index (χ1v) is 14.0. The number of amides is 1. The van der Waals surface area contributed by atoms with E-state index in [-0.39, 0.29) is 11.5 Å². The van der Waals surface area contributed by atoms with Gasteiger partial charge in [-0.2, -0.15) is 5.26 Å². The predicted octanol–water partition coefficient (Wildman–Crippen LogP) is 0.655. The van der Waals surface area contributed by atoms with Gasteiger partial charge in [-0.1, -0.05) is 18.2 Å². The van der Waals surface area contributed by atoms with Crippen LogP contribution in [-0.2, 0) is 16.1 Å². The molecule has 0 unspecified atom stereocenters. The van der Waals surface area contributed by atoms with E-state index in [0.717, 1.165) is 65.9 Å². The summed E-state index contributed by atoms with van der Waals surface area (Å²) in [5.74, 6) is -2.57. The van der Waals surface area contributed by atoms with E-state index in [1.165, 1.54) is 10.5 Å². The van der Waals surface area contributed by atoms with Crippen LogP contribution in [0.25, 0.3) is 16.7 Å². The number of ketones is 1. The van der Waals surface area contributed by atoms with Crippen LogP contribution in [0.4, 0.5) is 0 Å². The summed E-state index contributed by atoms with van der Waals surface area (Å²) in [5.41, 5.74) is 5.00. The SMILES string of the molecule is C[C@@H](O)[C@H]1C(=O)N2C(C(=O)[O-])=C(c3ccc4c(c3)C(=O)c3ccc(C[N+]56CC[N+](CC#N)(CC5)CC6)cc3-4)C[C@H]12. The number of carbonyl (C=O) groups excluding carboxylic acids is 3. The normalized spacial score (nSPS) is 30.5. The van der Waals surface area contributed by atoms with Gasteiger partial charge in [-0.15, -0.1) is 0 Å². The van der Waals surface area contributed by atoms with Crippen molar-refractivity contribution >= 4 is 23.2 Å². The Kier molecular flexibility index (Phi) is 5.39. The number of carboxylic acids is 1. The molecule has 0 radical (unpaired) electrons. The van der Waals surface area contributed by atoms with Crippen LogP contribution in [0.15, 0.2) is 42.1 Å². The van der Waals surface area contributed by atoms with Crippen LogP contribution in [0.1, 0.15) is 40.4 Å². The standard InChI is InChI=1S/C31H31N4O5/c1-18(36)27-26-16-23(28(31(39)40)33(26)30(27)38)20-3-5-21-24-14-19(2-4-22(24)29(37)25(21)15-20)17-35-11-8-34(7-6-32,9-12-35)10-13-35/h2-5,14-15,18,26-27,36H,7-13,16-17H2,1H3/q+1/t18-,26-,27-,34?,35?/m1/s1. The highest BCUT2D eigenvalue weighted by atomic mass is 16.4. The van der Waals surface area contributed by atoms with Crippen molar-refractivity contribution in [3.8, 4) is 17.2 Å². The number of nitriles is 1. The Morgan fingerprint density at radius 3 is 2.35 bits per heavy atom. The number of rotatable bonds is 6. The van der Waals surface area contributed by atoms with Gasteiger partial charge in [0.2, 0.25) is 5.91 Å². The number of piperazine rings is 3. The van der Waals surface area contributed by atoms with Crippen molar-refractivity contribution in [1.82, 2.24) is 4.90 Å². The number of nitrogens with zero attached hydrogens (tertiary/aromatic N) is 4. The Hall–Kier alpha value is -3.84. The number of carboxylic acid groups (broad SMARTS) is 1. The molecule has 204 valence electrons. The molecule has 1 amide bonds. The van der Waals surface area contributed by atoms with Crippen molar-refractivity contribution in [3.05, 3.63) is 64.3 Å². The van der Waals surface area contributed by atoms with Gasteiger partial charge in [0, 0.05) is 16.7 Å². The highest BCUT2D eigenvalue weighted by molar-refractivity contribution is 6.22. The maximum atomic E-state index is 13.5. The van der Waals surface area contributed by atoms with Gasteiger partial charge >= 0.3 is 0 Å². The molecule has 5 heterocycles. The van der Waals surface area contributed by atoms with Gasteiger partial charge in [-0.05, 0) is 53.8 Å². The van der Waals surface area contributed by atoms with E-state index in [9.17, 15) is 29.9 Å². The van der Waals surface area contributed by atoms with Crippen LogP contribution in [0.3, 0.4) is 0 Å². The molecule has 4 fully saturated rings. The summed E-state index contributed by atoms with van der Waals surface area (Å²) in [4.78, 5) is 39.4. The van der Waals surface area contributed by atoms with Gasteiger partial charge in [0.05, 0.1) is 29.7 Å². The molecule has 5 aliphatic heterocycles. The van der Waals surface area contributed by atoms with Crippen molar-refractivity contribution in [2.45, 2.75) is 32.0 Å². The van der Waals surface area contributed by atoms with E-state index in [4.69, 9.17) is 0 Å². The Balaban J connectivity index is 1.18. The summed E-state index contributed by atoms with van der Waals surface area (Å²) in [5, 5.41) is 31.4. The second kappa shape index (κ2) is 8.58. The summed E-state index contributed by atoms with van der Waals surface area (Å²) in [6.07, 6.45) is -0.579. The van der Waals surface area contributed by atoms with E-state index >= 15 is 0 Å². The van der Waals surface area contributed by atoms with E-state index in [1.54, 1.807) is 13.0 Å². The van der Waals surface area contributed by atoms with E-state index in [1.807, 2.05) is 18.2 Å². The van der Waals surface area contributed by atoms with Crippen molar-refractivity contribution in [2.75, 3.05) is 45.8 Å². The summed E-state index contributed by atoms with van der Waals surface area (Å²) in [7, 11) is 0. The highest BCUT2D eigenvalue weighted by Gasteiger charge is 2.55. The molecule has 1 aliphatic carbocycles. The lowest BCUT2D eigenvalue weighted by atomic mass is 9.82. The third kappa shape index (κ3) is 3.46.